The summed E-state index contributed by atoms with van der Waals surface area (Å²) in [5.41, 5.74) is 0.448. The number of nitrogens with one attached hydrogen (secondary N) is 2. The first-order valence-electron chi connectivity index (χ1n) is 6.67. The fourth-order valence-corrected chi connectivity index (χ4v) is 2.53. The molecule has 7 nitrogen and oxygen atoms in total. The molecule has 2 N–H and O–H groups in total. The summed E-state index contributed by atoms with van der Waals surface area (Å²) in [4.78, 5) is 10.9. The summed E-state index contributed by atoms with van der Waals surface area (Å²) in [6.45, 7) is 8.20. The van der Waals surface area contributed by atoms with E-state index in [1.165, 1.54) is 0 Å². The number of rotatable bonds is 4. The lowest BCUT2D eigenvalue weighted by atomic mass is 9.90. The second-order valence-corrected chi connectivity index (χ2v) is 5.29. The zero-order chi connectivity index (χ0) is 14.0. The summed E-state index contributed by atoms with van der Waals surface area (Å²) in [6.07, 6.45) is 1.89. The SMILES string of the molecule is CCn1nc(C)c([N+](=O)[O-])c1NC1(C)CCNCC1. The van der Waals surface area contributed by atoms with Crippen LogP contribution in [0.4, 0.5) is 11.5 Å². The molecule has 1 aliphatic rings. The van der Waals surface area contributed by atoms with Gasteiger partial charge in [0, 0.05) is 12.1 Å². The molecule has 2 heterocycles. The molecule has 1 fully saturated rings. The summed E-state index contributed by atoms with van der Waals surface area (Å²) in [5, 5.41) is 22.1. The van der Waals surface area contributed by atoms with Gasteiger partial charge < -0.3 is 10.6 Å². The highest BCUT2D eigenvalue weighted by Crippen LogP contribution is 2.32. The zero-order valence-corrected chi connectivity index (χ0v) is 11.7. The third-order valence-electron chi connectivity index (χ3n) is 3.71. The first-order valence-corrected chi connectivity index (χ1v) is 6.67. The Morgan fingerprint density at radius 3 is 2.68 bits per heavy atom. The summed E-state index contributed by atoms with van der Waals surface area (Å²) in [6, 6.07) is 0. The first kappa shape index (κ1) is 13.8. The number of aryl methyl sites for hydroxylation is 2. The molecule has 0 radical (unpaired) electrons. The Labute approximate surface area is 112 Å². The van der Waals surface area contributed by atoms with Gasteiger partial charge in [-0.2, -0.15) is 5.10 Å². The molecule has 0 aliphatic carbocycles. The molecule has 0 aromatic carbocycles. The molecule has 2 rings (SSSR count). The lowest BCUT2D eigenvalue weighted by molar-refractivity contribution is -0.384. The molecule has 1 aromatic heterocycles. The van der Waals surface area contributed by atoms with Gasteiger partial charge in [-0.25, -0.2) is 4.68 Å². The van der Waals surface area contributed by atoms with Gasteiger partial charge in [-0.05, 0) is 46.7 Å². The van der Waals surface area contributed by atoms with Crippen molar-refractivity contribution in [3.8, 4) is 0 Å². The fraction of sp³-hybridized carbons (Fsp3) is 0.750. The Morgan fingerprint density at radius 1 is 1.53 bits per heavy atom. The third kappa shape index (κ3) is 2.70. The number of aromatic nitrogens is 2. The topological polar surface area (TPSA) is 85.0 Å². The molecule has 1 aliphatic heterocycles. The van der Waals surface area contributed by atoms with Crippen LogP contribution < -0.4 is 10.6 Å². The molecule has 0 unspecified atom stereocenters. The van der Waals surface area contributed by atoms with Crippen LogP contribution in [0, 0.1) is 17.0 Å². The molecular weight excluding hydrogens is 246 g/mol. The Hall–Kier alpha value is -1.63. The molecule has 1 saturated heterocycles. The Balaban J connectivity index is 2.34. The minimum absolute atomic E-state index is 0.0987. The maximum atomic E-state index is 11.2. The van der Waals surface area contributed by atoms with Crippen LogP contribution in [0.3, 0.4) is 0 Å². The predicted octanol–water partition coefficient (Wildman–Crippen LogP) is 1.67. The van der Waals surface area contributed by atoms with Crippen molar-refractivity contribution in [3.63, 3.8) is 0 Å². The van der Waals surface area contributed by atoms with Gasteiger partial charge in [-0.3, -0.25) is 10.1 Å². The van der Waals surface area contributed by atoms with Crippen LogP contribution in [0.15, 0.2) is 0 Å². The van der Waals surface area contributed by atoms with Crippen LogP contribution in [0.5, 0.6) is 0 Å². The van der Waals surface area contributed by atoms with E-state index in [1.54, 1.807) is 11.6 Å². The summed E-state index contributed by atoms with van der Waals surface area (Å²) >= 11 is 0. The summed E-state index contributed by atoms with van der Waals surface area (Å²) in [7, 11) is 0. The number of hydrogen-bond acceptors (Lipinski definition) is 5. The van der Waals surface area contributed by atoms with Gasteiger partial charge in [0.2, 0.25) is 5.82 Å². The smallest absolute Gasteiger partial charge is 0.333 e. The van der Waals surface area contributed by atoms with Gasteiger partial charge in [0.15, 0.2) is 0 Å². The van der Waals surface area contributed by atoms with E-state index >= 15 is 0 Å². The Morgan fingerprint density at radius 2 is 2.16 bits per heavy atom. The molecule has 106 valence electrons. The van der Waals surface area contributed by atoms with Crippen molar-refractivity contribution in [2.24, 2.45) is 0 Å². The second-order valence-electron chi connectivity index (χ2n) is 5.29. The van der Waals surface area contributed by atoms with Gasteiger partial charge in [-0.1, -0.05) is 0 Å². The van der Waals surface area contributed by atoms with Crippen molar-refractivity contribution < 1.29 is 4.92 Å². The number of nitrogens with zero attached hydrogens (tertiary/aromatic N) is 3. The minimum atomic E-state index is -0.346. The molecule has 1 aromatic rings. The van der Waals surface area contributed by atoms with Gasteiger partial charge in [0.1, 0.15) is 5.69 Å². The van der Waals surface area contributed by atoms with E-state index in [0.29, 0.717) is 18.1 Å². The van der Waals surface area contributed by atoms with E-state index in [-0.39, 0.29) is 16.1 Å². The van der Waals surface area contributed by atoms with Crippen molar-refractivity contribution in [2.45, 2.75) is 45.7 Å². The second kappa shape index (κ2) is 5.16. The molecule has 0 saturated carbocycles. The van der Waals surface area contributed by atoms with Crippen molar-refractivity contribution in [3.05, 3.63) is 15.8 Å². The lowest BCUT2D eigenvalue weighted by Crippen LogP contribution is -2.45. The van der Waals surface area contributed by atoms with E-state index in [0.717, 1.165) is 25.9 Å². The standard InChI is InChI=1S/C12H21N5O2/c1-4-16-11(10(17(18)19)9(2)15-16)14-12(3)5-7-13-8-6-12/h13-14H,4-8H2,1-3H3. The Kier molecular flexibility index (Phi) is 3.75. The molecular formula is C12H21N5O2. The number of piperidine rings is 1. The van der Waals surface area contributed by atoms with Crippen LogP contribution in [0.25, 0.3) is 0 Å². The highest BCUT2D eigenvalue weighted by molar-refractivity contribution is 5.60. The predicted molar refractivity (Wildman–Crippen MR) is 73.4 cm³/mol. The normalized spacial score (nSPS) is 18.3. The highest BCUT2D eigenvalue weighted by atomic mass is 16.6. The molecule has 0 atom stereocenters. The largest absolute Gasteiger partial charge is 0.359 e. The molecule has 0 spiro atoms. The van der Waals surface area contributed by atoms with Gasteiger partial charge in [-0.15, -0.1) is 0 Å². The lowest BCUT2D eigenvalue weighted by Gasteiger charge is -2.35. The van der Waals surface area contributed by atoms with E-state index in [9.17, 15) is 10.1 Å². The van der Waals surface area contributed by atoms with E-state index < -0.39 is 0 Å². The highest BCUT2D eigenvalue weighted by Gasteiger charge is 2.33. The van der Waals surface area contributed by atoms with Crippen LogP contribution >= 0.6 is 0 Å². The van der Waals surface area contributed by atoms with Crippen molar-refractivity contribution in [1.82, 2.24) is 15.1 Å². The van der Waals surface area contributed by atoms with Crippen LogP contribution in [0.1, 0.15) is 32.4 Å². The number of hydrogen-bond donors (Lipinski definition) is 2. The Bertz CT molecular complexity index is 477. The number of nitro groups is 1. The average Bonchev–Trinajstić information content (AvgIpc) is 2.65. The quantitative estimate of drug-likeness (QED) is 0.640. The van der Waals surface area contributed by atoms with Gasteiger partial charge in [0.05, 0.1) is 4.92 Å². The van der Waals surface area contributed by atoms with Crippen LogP contribution in [0.2, 0.25) is 0 Å². The molecule has 0 bridgehead atoms. The zero-order valence-electron chi connectivity index (χ0n) is 11.7. The van der Waals surface area contributed by atoms with Crippen LogP contribution in [-0.4, -0.2) is 33.3 Å². The minimum Gasteiger partial charge on any atom is -0.359 e. The first-order chi connectivity index (χ1) is 8.97. The van der Waals surface area contributed by atoms with Crippen LogP contribution in [-0.2, 0) is 6.54 Å². The molecule has 7 heteroatoms. The van der Waals surface area contributed by atoms with E-state index in [4.69, 9.17) is 0 Å². The van der Waals surface area contributed by atoms with Crippen molar-refractivity contribution in [1.29, 1.82) is 0 Å². The van der Waals surface area contributed by atoms with Gasteiger partial charge >= 0.3 is 5.69 Å². The average molecular weight is 267 g/mol. The molecule has 0 amide bonds. The fourth-order valence-electron chi connectivity index (χ4n) is 2.53. The molecule has 19 heavy (non-hydrogen) atoms. The maximum Gasteiger partial charge on any atom is 0.333 e. The van der Waals surface area contributed by atoms with Crippen molar-refractivity contribution >= 4 is 11.5 Å². The van der Waals surface area contributed by atoms with E-state index in [2.05, 4.69) is 22.7 Å². The van der Waals surface area contributed by atoms with Crippen molar-refractivity contribution in [2.75, 3.05) is 18.4 Å². The summed E-state index contributed by atoms with van der Waals surface area (Å²) in [5.74, 6) is 0.536. The third-order valence-corrected chi connectivity index (χ3v) is 3.71. The summed E-state index contributed by atoms with van der Waals surface area (Å²) < 4.78 is 1.68. The van der Waals surface area contributed by atoms with E-state index in [1.807, 2.05) is 6.92 Å². The number of anilines is 1. The van der Waals surface area contributed by atoms with Gasteiger partial charge in [0.25, 0.3) is 0 Å². The maximum absolute atomic E-state index is 11.2. The monoisotopic (exact) mass is 267 g/mol.